The van der Waals surface area contributed by atoms with Crippen LogP contribution in [0, 0.1) is 11.8 Å². The van der Waals surface area contributed by atoms with Gasteiger partial charge in [0.05, 0.1) is 0 Å². The van der Waals surface area contributed by atoms with Crippen molar-refractivity contribution in [1.29, 1.82) is 0 Å². The molecular formula is C14H21NO2. The maximum Gasteiger partial charge on any atom is 0.333 e. The molecule has 2 rings (SSSR count). The molecule has 17 heavy (non-hydrogen) atoms. The topological polar surface area (TPSA) is 38.3 Å². The van der Waals surface area contributed by atoms with Crippen LogP contribution < -0.4 is 5.32 Å². The lowest BCUT2D eigenvalue weighted by atomic mass is 10.0. The summed E-state index contributed by atoms with van der Waals surface area (Å²) in [4.78, 5) is 11.1. The van der Waals surface area contributed by atoms with E-state index in [2.05, 4.69) is 24.0 Å². The minimum absolute atomic E-state index is 0.293. The normalized spacial score (nSPS) is 30.3. The van der Waals surface area contributed by atoms with E-state index in [0.717, 1.165) is 18.4 Å². The molecule has 0 spiro atoms. The molecule has 1 N–H and O–H groups in total. The van der Waals surface area contributed by atoms with Gasteiger partial charge >= 0.3 is 5.97 Å². The standard InChI is InChI=1S/C14H21NO2/c1-10(2)14(16)17-7-6-15-13-8-11-4-3-5-12(11)9-13/h3-4,11-13,15H,1,5-9H2,2H3. The van der Waals surface area contributed by atoms with Crippen LogP contribution in [-0.4, -0.2) is 25.2 Å². The SMILES string of the molecule is C=C(C)C(=O)OCCNC1CC2C=CCC2C1. The summed E-state index contributed by atoms with van der Waals surface area (Å²) in [6.07, 6.45) is 8.39. The summed E-state index contributed by atoms with van der Waals surface area (Å²) in [6.45, 7) is 6.39. The Morgan fingerprint density at radius 3 is 3.06 bits per heavy atom. The van der Waals surface area contributed by atoms with Crippen molar-refractivity contribution in [2.24, 2.45) is 11.8 Å². The van der Waals surface area contributed by atoms with Crippen molar-refractivity contribution in [2.75, 3.05) is 13.2 Å². The number of esters is 1. The van der Waals surface area contributed by atoms with E-state index in [9.17, 15) is 4.79 Å². The molecule has 0 aromatic carbocycles. The largest absolute Gasteiger partial charge is 0.461 e. The number of carbonyl (C=O) groups is 1. The Morgan fingerprint density at radius 1 is 1.53 bits per heavy atom. The zero-order chi connectivity index (χ0) is 12.3. The van der Waals surface area contributed by atoms with Crippen LogP contribution in [0.3, 0.4) is 0 Å². The fourth-order valence-electron chi connectivity index (χ4n) is 2.79. The average Bonchev–Trinajstić information content (AvgIpc) is 2.83. The van der Waals surface area contributed by atoms with E-state index in [1.165, 1.54) is 19.3 Å². The van der Waals surface area contributed by atoms with Gasteiger partial charge in [-0.25, -0.2) is 4.79 Å². The van der Waals surface area contributed by atoms with Crippen molar-refractivity contribution in [3.63, 3.8) is 0 Å². The Balaban J connectivity index is 1.59. The van der Waals surface area contributed by atoms with Gasteiger partial charge in [0, 0.05) is 18.2 Å². The number of fused-ring (bicyclic) bond motifs is 1. The van der Waals surface area contributed by atoms with Crippen molar-refractivity contribution >= 4 is 5.97 Å². The minimum Gasteiger partial charge on any atom is -0.461 e. The predicted octanol–water partition coefficient (Wildman–Crippen LogP) is 2.05. The first-order valence-electron chi connectivity index (χ1n) is 6.39. The van der Waals surface area contributed by atoms with Crippen LogP contribution >= 0.6 is 0 Å². The van der Waals surface area contributed by atoms with Crippen molar-refractivity contribution < 1.29 is 9.53 Å². The summed E-state index contributed by atoms with van der Waals surface area (Å²) in [5.41, 5.74) is 0.463. The summed E-state index contributed by atoms with van der Waals surface area (Å²) in [5.74, 6) is 1.34. The first-order valence-corrected chi connectivity index (χ1v) is 6.39. The van der Waals surface area contributed by atoms with E-state index in [-0.39, 0.29) is 5.97 Å². The molecule has 3 atom stereocenters. The average molecular weight is 235 g/mol. The van der Waals surface area contributed by atoms with Crippen molar-refractivity contribution in [2.45, 2.75) is 32.2 Å². The Labute approximate surface area is 103 Å². The van der Waals surface area contributed by atoms with E-state index in [1.54, 1.807) is 6.92 Å². The van der Waals surface area contributed by atoms with E-state index < -0.39 is 0 Å². The number of carbonyl (C=O) groups excluding carboxylic acids is 1. The van der Waals surface area contributed by atoms with Gasteiger partial charge < -0.3 is 10.1 Å². The zero-order valence-electron chi connectivity index (χ0n) is 10.4. The van der Waals surface area contributed by atoms with Crippen LogP contribution in [-0.2, 0) is 9.53 Å². The second-order valence-corrected chi connectivity index (χ2v) is 5.13. The van der Waals surface area contributed by atoms with Gasteiger partial charge in [-0.05, 0) is 38.0 Å². The molecule has 0 radical (unpaired) electrons. The highest BCUT2D eigenvalue weighted by molar-refractivity contribution is 5.86. The molecule has 0 heterocycles. The lowest BCUT2D eigenvalue weighted by Gasteiger charge is -2.13. The maximum atomic E-state index is 11.1. The van der Waals surface area contributed by atoms with Gasteiger partial charge in [-0.1, -0.05) is 18.7 Å². The summed E-state index contributed by atoms with van der Waals surface area (Å²) in [7, 11) is 0. The number of hydrogen-bond acceptors (Lipinski definition) is 3. The molecule has 0 aromatic heterocycles. The highest BCUT2D eigenvalue weighted by Crippen LogP contribution is 2.39. The molecule has 3 nitrogen and oxygen atoms in total. The monoisotopic (exact) mass is 235 g/mol. The Morgan fingerprint density at radius 2 is 2.35 bits per heavy atom. The fourth-order valence-corrected chi connectivity index (χ4v) is 2.79. The third-order valence-corrected chi connectivity index (χ3v) is 3.69. The fraction of sp³-hybridized carbons (Fsp3) is 0.643. The summed E-state index contributed by atoms with van der Waals surface area (Å²) < 4.78 is 5.04. The van der Waals surface area contributed by atoms with Crippen LogP contribution in [0.4, 0.5) is 0 Å². The Bertz CT molecular complexity index is 335. The molecule has 0 bridgehead atoms. The molecule has 0 aromatic rings. The van der Waals surface area contributed by atoms with Gasteiger partial charge in [-0.2, -0.15) is 0 Å². The number of allylic oxidation sites excluding steroid dienone is 2. The smallest absolute Gasteiger partial charge is 0.333 e. The molecule has 1 fully saturated rings. The first-order chi connectivity index (χ1) is 8.16. The summed E-state index contributed by atoms with van der Waals surface area (Å²) in [6, 6.07) is 0.596. The second kappa shape index (κ2) is 5.50. The van der Waals surface area contributed by atoms with E-state index in [0.29, 0.717) is 18.2 Å². The minimum atomic E-state index is -0.293. The zero-order valence-corrected chi connectivity index (χ0v) is 10.4. The highest BCUT2D eigenvalue weighted by atomic mass is 16.5. The van der Waals surface area contributed by atoms with Crippen molar-refractivity contribution in [3.05, 3.63) is 24.3 Å². The quantitative estimate of drug-likeness (QED) is 0.343. The molecule has 0 saturated heterocycles. The molecule has 0 aliphatic heterocycles. The molecule has 2 aliphatic carbocycles. The molecule has 94 valence electrons. The van der Waals surface area contributed by atoms with Crippen LogP contribution in [0.25, 0.3) is 0 Å². The highest BCUT2D eigenvalue weighted by Gasteiger charge is 2.33. The lowest BCUT2D eigenvalue weighted by molar-refractivity contribution is -0.138. The van der Waals surface area contributed by atoms with Gasteiger partial charge in [-0.3, -0.25) is 0 Å². The van der Waals surface area contributed by atoms with Crippen LogP contribution in [0.2, 0.25) is 0 Å². The molecule has 3 heteroatoms. The van der Waals surface area contributed by atoms with Gasteiger partial charge in [0.1, 0.15) is 6.61 Å². The number of ether oxygens (including phenoxy) is 1. The van der Waals surface area contributed by atoms with Crippen LogP contribution in [0.15, 0.2) is 24.3 Å². The molecule has 0 amide bonds. The third kappa shape index (κ3) is 3.19. The molecule has 2 aliphatic rings. The number of rotatable bonds is 5. The van der Waals surface area contributed by atoms with Crippen LogP contribution in [0.5, 0.6) is 0 Å². The van der Waals surface area contributed by atoms with E-state index in [4.69, 9.17) is 4.74 Å². The Kier molecular flexibility index (Phi) is 4.00. The molecular weight excluding hydrogens is 214 g/mol. The molecule has 3 unspecified atom stereocenters. The maximum absolute atomic E-state index is 11.1. The second-order valence-electron chi connectivity index (χ2n) is 5.13. The van der Waals surface area contributed by atoms with E-state index in [1.807, 2.05) is 0 Å². The Hall–Kier alpha value is -1.09. The van der Waals surface area contributed by atoms with Crippen molar-refractivity contribution in [1.82, 2.24) is 5.32 Å². The van der Waals surface area contributed by atoms with Crippen LogP contribution in [0.1, 0.15) is 26.2 Å². The van der Waals surface area contributed by atoms with Gasteiger partial charge in [0.15, 0.2) is 0 Å². The van der Waals surface area contributed by atoms with Crippen molar-refractivity contribution in [3.8, 4) is 0 Å². The van der Waals surface area contributed by atoms with E-state index >= 15 is 0 Å². The first kappa shape index (κ1) is 12.4. The third-order valence-electron chi connectivity index (χ3n) is 3.69. The van der Waals surface area contributed by atoms with Gasteiger partial charge in [0.2, 0.25) is 0 Å². The molecule has 1 saturated carbocycles. The number of hydrogen-bond donors (Lipinski definition) is 1. The van der Waals surface area contributed by atoms with Gasteiger partial charge in [-0.15, -0.1) is 0 Å². The summed E-state index contributed by atoms with van der Waals surface area (Å²) >= 11 is 0. The van der Waals surface area contributed by atoms with Gasteiger partial charge in [0.25, 0.3) is 0 Å². The number of nitrogens with one attached hydrogen (secondary N) is 1. The predicted molar refractivity (Wildman–Crippen MR) is 67.5 cm³/mol. The lowest BCUT2D eigenvalue weighted by Crippen LogP contribution is -2.30. The summed E-state index contributed by atoms with van der Waals surface area (Å²) in [5, 5.41) is 3.46.